The fourth-order valence-corrected chi connectivity index (χ4v) is 3.53. The van der Waals surface area contributed by atoms with Crippen molar-refractivity contribution in [1.29, 1.82) is 0 Å². The summed E-state index contributed by atoms with van der Waals surface area (Å²) in [6.07, 6.45) is -2.95. The van der Waals surface area contributed by atoms with E-state index in [1.54, 1.807) is 31.3 Å². The molecule has 0 aliphatic rings. The summed E-state index contributed by atoms with van der Waals surface area (Å²) in [6, 6.07) is 8.46. The lowest BCUT2D eigenvalue weighted by Crippen LogP contribution is -2.25. The van der Waals surface area contributed by atoms with Crippen LogP contribution >= 0.6 is 0 Å². The van der Waals surface area contributed by atoms with E-state index in [1.807, 2.05) is 0 Å². The standard InChI is InChI=1S/C23H20F4N6O3/c1-12-14(13-6-7-33-19(8-13)31-22(28)32-33)9-15(21(30-12)35-2)20(34)29-10-16-17(24)4-3-5-18(16)36-11-23(25,26)27/h3-9H,10-11H2,1-2H3,(H2,28,32)(H,29,34). The maximum atomic E-state index is 14.4. The van der Waals surface area contributed by atoms with Crippen molar-refractivity contribution in [2.24, 2.45) is 0 Å². The molecule has 0 atom stereocenters. The Hall–Kier alpha value is -4.42. The molecule has 3 heterocycles. The molecule has 0 aliphatic carbocycles. The smallest absolute Gasteiger partial charge is 0.422 e. The Kier molecular flexibility index (Phi) is 6.64. The fourth-order valence-electron chi connectivity index (χ4n) is 3.53. The number of ether oxygens (including phenoxy) is 2. The molecule has 4 aromatic rings. The number of nitrogen functional groups attached to an aromatic ring is 1. The Morgan fingerprint density at radius 1 is 1.19 bits per heavy atom. The molecule has 4 rings (SSSR count). The topological polar surface area (TPSA) is 117 Å². The van der Waals surface area contributed by atoms with E-state index in [0.717, 1.165) is 6.07 Å². The number of methoxy groups -OCH3 is 1. The number of aryl methyl sites for hydroxylation is 1. The van der Waals surface area contributed by atoms with Gasteiger partial charge in [-0.2, -0.15) is 18.2 Å². The fraction of sp³-hybridized carbons (Fsp3) is 0.217. The summed E-state index contributed by atoms with van der Waals surface area (Å²) in [4.78, 5) is 21.5. The van der Waals surface area contributed by atoms with E-state index in [2.05, 4.69) is 20.4 Å². The number of hydrogen-bond donors (Lipinski definition) is 2. The molecule has 36 heavy (non-hydrogen) atoms. The summed E-state index contributed by atoms with van der Waals surface area (Å²) in [5.74, 6) is -1.72. The van der Waals surface area contributed by atoms with E-state index in [-0.39, 0.29) is 28.7 Å². The minimum absolute atomic E-state index is 0.0172. The maximum Gasteiger partial charge on any atom is 0.422 e. The second kappa shape index (κ2) is 9.68. The van der Waals surface area contributed by atoms with Crippen molar-refractivity contribution in [3.05, 3.63) is 65.2 Å². The highest BCUT2D eigenvalue weighted by atomic mass is 19.4. The van der Waals surface area contributed by atoms with Gasteiger partial charge in [0.25, 0.3) is 5.91 Å². The molecule has 188 valence electrons. The highest BCUT2D eigenvalue weighted by Gasteiger charge is 2.29. The van der Waals surface area contributed by atoms with Gasteiger partial charge >= 0.3 is 6.18 Å². The predicted octanol–water partition coefficient (Wildman–Crippen LogP) is 3.70. The monoisotopic (exact) mass is 504 g/mol. The summed E-state index contributed by atoms with van der Waals surface area (Å²) < 4.78 is 63.5. The van der Waals surface area contributed by atoms with Gasteiger partial charge in [-0.3, -0.25) is 4.79 Å². The Bertz CT molecular complexity index is 1440. The van der Waals surface area contributed by atoms with Crippen molar-refractivity contribution in [1.82, 2.24) is 24.9 Å². The van der Waals surface area contributed by atoms with Crippen LogP contribution in [0, 0.1) is 12.7 Å². The van der Waals surface area contributed by atoms with Gasteiger partial charge < -0.3 is 20.5 Å². The molecular weight excluding hydrogens is 484 g/mol. The van der Waals surface area contributed by atoms with E-state index in [0.29, 0.717) is 22.5 Å². The molecule has 0 unspecified atom stereocenters. The summed E-state index contributed by atoms with van der Waals surface area (Å²) in [5.41, 5.74) is 7.74. The summed E-state index contributed by atoms with van der Waals surface area (Å²) in [6.45, 7) is -0.305. The highest BCUT2D eigenvalue weighted by Crippen LogP contribution is 2.29. The van der Waals surface area contributed by atoms with Gasteiger partial charge in [0.15, 0.2) is 12.3 Å². The van der Waals surface area contributed by atoms with Crippen LogP contribution in [-0.4, -0.2) is 45.4 Å². The van der Waals surface area contributed by atoms with Crippen LogP contribution in [0.15, 0.2) is 42.6 Å². The zero-order chi connectivity index (χ0) is 26.0. The molecule has 1 amide bonds. The van der Waals surface area contributed by atoms with Crippen molar-refractivity contribution in [3.8, 4) is 22.8 Å². The van der Waals surface area contributed by atoms with E-state index < -0.39 is 31.1 Å². The molecule has 0 fully saturated rings. The van der Waals surface area contributed by atoms with Gasteiger partial charge in [-0.15, -0.1) is 5.10 Å². The SMILES string of the molecule is COc1nc(C)c(-c2ccn3nc(N)nc3c2)cc1C(=O)NCc1c(F)cccc1OCC(F)(F)F. The quantitative estimate of drug-likeness (QED) is 0.369. The molecule has 0 radical (unpaired) electrons. The zero-order valence-corrected chi connectivity index (χ0v) is 19.1. The lowest BCUT2D eigenvalue weighted by molar-refractivity contribution is -0.153. The van der Waals surface area contributed by atoms with Crippen LogP contribution in [0.25, 0.3) is 16.8 Å². The first-order valence-corrected chi connectivity index (χ1v) is 10.5. The number of carbonyl (C=O) groups is 1. The van der Waals surface area contributed by atoms with Gasteiger partial charge in [0.05, 0.1) is 7.11 Å². The molecule has 1 aromatic carbocycles. The average molecular weight is 504 g/mol. The van der Waals surface area contributed by atoms with Crippen LogP contribution in [-0.2, 0) is 6.54 Å². The van der Waals surface area contributed by atoms with Crippen LogP contribution in [0.3, 0.4) is 0 Å². The molecule has 3 N–H and O–H groups in total. The number of aromatic nitrogens is 4. The average Bonchev–Trinajstić information content (AvgIpc) is 3.20. The van der Waals surface area contributed by atoms with E-state index in [9.17, 15) is 22.4 Å². The number of amides is 1. The molecular formula is C23H20F4N6O3. The largest absolute Gasteiger partial charge is 0.484 e. The number of pyridine rings is 2. The number of fused-ring (bicyclic) bond motifs is 1. The van der Waals surface area contributed by atoms with Crippen molar-refractivity contribution < 1.29 is 31.8 Å². The molecule has 9 nitrogen and oxygen atoms in total. The van der Waals surface area contributed by atoms with Crippen LogP contribution in [0.1, 0.15) is 21.6 Å². The van der Waals surface area contributed by atoms with Gasteiger partial charge in [-0.05, 0) is 42.8 Å². The number of rotatable bonds is 7. The van der Waals surface area contributed by atoms with Crippen molar-refractivity contribution in [2.75, 3.05) is 19.5 Å². The Balaban J connectivity index is 1.62. The summed E-state index contributed by atoms with van der Waals surface area (Å²) in [5, 5.41) is 6.51. The molecule has 0 spiro atoms. The number of nitrogens with zero attached hydrogens (tertiary/aromatic N) is 4. The first-order valence-electron chi connectivity index (χ1n) is 10.5. The van der Waals surface area contributed by atoms with E-state index >= 15 is 0 Å². The van der Waals surface area contributed by atoms with Crippen LogP contribution in [0.5, 0.6) is 11.6 Å². The number of anilines is 1. The second-order valence-electron chi connectivity index (χ2n) is 7.67. The number of nitrogens with one attached hydrogen (secondary N) is 1. The van der Waals surface area contributed by atoms with Crippen molar-refractivity contribution in [3.63, 3.8) is 0 Å². The summed E-state index contributed by atoms with van der Waals surface area (Å²) in [7, 11) is 1.34. The van der Waals surface area contributed by atoms with Crippen LogP contribution in [0.4, 0.5) is 23.5 Å². The normalized spacial score (nSPS) is 11.5. The predicted molar refractivity (Wildman–Crippen MR) is 121 cm³/mol. The molecule has 0 bridgehead atoms. The zero-order valence-electron chi connectivity index (χ0n) is 19.1. The van der Waals surface area contributed by atoms with Crippen LogP contribution < -0.4 is 20.5 Å². The van der Waals surface area contributed by atoms with Gasteiger partial charge in [0.2, 0.25) is 11.8 Å². The lowest BCUT2D eigenvalue weighted by atomic mass is 10.0. The van der Waals surface area contributed by atoms with E-state index in [1.165, 1.54) is 23.8 Å². The third-order valence-corrected chi connectivity index (χ3v) is 5.17. The molecule has 3 aromatic heterocycles. The number of nitrogens with two attached hydrogens (primary N) is 1. The third kappa shape index (κ3) is 5.29. The van der Waals surface area contributed by atoms with Crippen molar-refractivity contribution in [2.45, 2.75) is 19.6 Å². The molecule has 0 aliphatic heterocycles. The molecule has 0 saturated heterocycles. The Labute approximate surface area is 201 Å². The molecule has 13 heteroatoms. The third-order valence-electron chi connectivity index (χ3n) is 5.17. The number of halogens is 4. The van der Waals surface area contributed by atoms with Crippen LogP contribution in [0.2, 0.25) is 0 Å². The Morgan fingerprint density at radius 2 is 1.97 bits per heavy atom. The highest BCUT2D eigenvalue weighted by molar-refractivity contribution is 5.97. The first kappa shape index (κ1) is 24.7. The van der Waals surface area contributed by atoms with Crippen molar-refractivity contribution >= 4 is 17.5 Å². The lowest BCUT2D eigenvalue weighted by Gasteiger charge is -2.16. The number of carbonyl (C=O) groups excluding carboxylic acids is 1. The maximum absolute atomic E-state index is 14.4. The minimum Gasteiger partial charge on any atom is -0.484 e. The Morgan fingerprint density at radius 3 is 2.69 bits per heavy atom. The number of benzene rings is 1. The summed E-state index contributed by atoms with van der Waals surface area (Å²) >= 11 is 0. The number of alkyl halides is 3. The number of hydrogen-bond acceptors (Lipinski definition) is 7. The minimum atomic E-state index is -4.61. The first-order chi connectivity index (χ1) is 17.1. The van der Waals surface area contributed by atoms with Gasteiger partial charge in [0.1, 0.15) is 17.1 Å². The second-order valence-corrected chi connectivity index (χ2v) is 7.67. The van der Waals surface area contributed by atoms with E-state index in [4.69, 9.17) is 15.2 Å². The molecule has 0 saturated carbocycles. The van der Waals surface area contributed by atoms with Gasteiger partial charge in [0, 0.05) is 29.6 Å². The van der Waals surface area contributed by atoms with Gasteiger partial charge in [-0.25, -0.2) is 13.9 Å². The van der Waals surface area contributed by atoms with Gasteiger partial charge in [-0.1, -0.05) is 6.07 Å².